The SMILES string of the molecule is Cn1ccnc1CNc1cccnc1-n1cncn1. The number of imidazole rings is 1. The third kappa shape index (κ3) is 2.30. The number of nitrogens with one attached hydrogen (secondary N) is 1. The Labute approximate surface area is 110 Å². The van der Waals surface area contributed by atoms with Gasteiger partial charge in [-0.3, -0.25) is 0 Å². The number of pyridine rings is 1. The van der Waals surface area contributed by atoms with Crippen LogP contribution in [-0.4, -0.2) is 29.3 Å². The van der Waals surface area contributed by atoms with Gasteiger partial charge < -0.3 is 9.88 Å². The van der Waals surface area contributed by atoms with E-state index in [2.05, 4.69) is 25.4 Å². The summed E-state index contributed by atoms with van der Waals surface area (Å²) in [7, 11) is 1.96. The second-order valence-electron chi connectivity index (χ2n) is 4.02. The molecule has 0 aliphatic heterocycles. The summed E-state index contributed by atoms with van der Waals surface area (Å²) in [6.45, 7) is 0.622. The highest BCUT2D eigenvalue weighted by atomic mass is 15.3. The van der Waals surface area contributed by atoms with Crippen molar-refractivity contribution >= 4 is 5.69 Å². The average Bonchev–Trinajstić information content (AvgIpc) is 3.08. The second-order valence-corrected chi connectivity index (χ2v) is 4.02. The Morgan fingerprint density at radius 1 is 1.26 bits per heavy atom. The Morgan fingerprint density at radius 3 is 2.95 bits per heavy atom. The van der Waals surface area contributed by atoms with Crippen molar-refractivity contribution in [1.29, 1.82) is 0 Å². The lowest BCUT2D eigenvalue weighted by Gasteiger charge is -2.10. The van der Waals surface area contributed by atoms with Gasteiger partial charge in [0.1, 0.15) is 18.5 Å². The van der Waals surface area contributed by atoms with Crippen LogP contribution in [0.25, 0.3) is 5.82 Å². The number of rotatable bonds is 4. The molecule has 0 saturated carbocycles. The maximum Gasteiger partial charge on any atom is 0.178 e. The highest BCUT2D eigenvalue weighted by molar-refractivity contribution is 5.55. The van der Waals surface area contributed by atoms with Crippen molar-refractivity contribution in [2.45, 2.75) is 6.54 Å². The van der Waals surface area contributed by atoms with E-state index in [0.29, 0.717) is 12.4 Å². The minimum atomic E-state index is 0.622. The maximum absolute atomic E-state index is 4.31. The zero-order chi connectivity index (χ0) is 13.1. The minimum absolute atomic E-state index is 0.622. The number of aromatic nitrogens is 6. The van der Waals surface area contributed by atoms with Gasteiger partial charge in [-0.1, -0.05) is 0 Å². The monoisotopic (exact) mass is 255 g/mol. The molecule has 3 aromatic rings. The third-order valence-electron chi connectivity index (χ3n) is 2.78. The van der Waals surface area contributed by atoms with E-state index in [-0.39, 0.29) is 0 Å². The van der Waals surface area contributed by atoms with Crippen molar-refractivity contribution in [3.05, 3.63) is 49.2 Å². The van der Waals surface area contributed by atoms with Crippen molar-refractivity contribution in [3.63, 3.8) is 0 Å². The predicted molar refractivity (Wildman–Crippen MR) is 69.7 cm³/mol. The van der Waals surface area contributed by atoms with Crippen molar-refractivity contribution in [2.75, 3.05) is 5.32 Å². The molecule has 0 bridgehead atoms. The smallest absolute Gasteiger partial charge is 0.178 e. The van der Waals surface area contributed by atoms with Crippen LogP contribution >= 0.6 is 0 Å². The van der Waals surface area contributed by atoms with E-state index in [9.17, 15) is 0 Å². The molecule has 0 aromatic carbocycles. The molecule has 0 amide bonds. The molecule has 3 heterocycles. The molecule has 7 heteroatoms. The molecule has 0 aliphatic rings. The van der Waals surface area contributed by atoms with Gasteiger partial charge in [0.05, 0.1) is 12.2 Å². The van der Waals surface area contributed by atoms with Crippen LogP contribution in [0.4, 0.5) is 5.69 Å². The van der Waals surface area contributed by atoms with Gasteiger partial charge in [-0.15, -0.1) is 0 Å². The summed E-state index contributed by atoms with van der Waals surface area (Å²) < 4.78 is 3.60. The predicted octanol–water partition coefficient (Wildman–Crippen LogP) is 1.01. The molecule has 96 valence electrons. The molecule has 3 rings (SSSR count). The lowest BCUT2D eigenvalue weighted by Crippen LogP contribution is -2.09. The van der Waals surface area contributed by atoms with Crippen LogP contribution < -0.4 is 5.32 Å². The lowest BCUT2D eigenvalue weighted by molar-refractivity contribution is 0.806. The molecular weight excluding hydrogens is 242 g/mol. The molecule has 7 nitrogen and oxygen atoms in total. The molecule has 0 saturated heterocycles. The van der Waals surface area contributed by atoms with Crippen LogP contribution in [-0.2, 0) is 13.6 Å². The van der Waals surface area contributed by atoms with Crippen LogP contribution in [0.15, 0.2) is 43.4 Å². The molecule has 0 radical (unpaired) electrons. The van der Waals surface area contributed by atoms with Gasteiger partial charge in [0.2, 0.25) is 0 Å². The quantitative estimate of drug-likeness (QED) is 0.753. The van der Waals surface area contributed by atoms with Crippen LogP contribution in [0, 0.1) is 0 Å². The molecule has 0 unspecified atom stereocenters. The van der Waals surface area contributed by atoms with Gasteiger partial charge in [0.25, 0.3) is 0 Å². The largest absolute Gasteiger partial charge is 0.375 e. The van der Waals surface area contributed by atoms with Crippen molar-refractivity contribution in [3.8, 4) is 5.82 Å². The first-order valence-corrected chi connectivity index (χ1v) is 5.84. The standard InChI is InChI=1S/C12H13N7/c1-18-6-5-14-11(18)7-16-10-3-2-4-15-12(10)19-9-13-8-17-19/h2-6,8-9,16H,7H2,1H3. The summed E-state index contributed by atoms with van der Waals surface area (Å²) >= 11 is 0. The van der Waals surface area contributed by atoms with E-state index in [1.165, 1.54) is 6.33 Å². The van der Waals surface area contributed by atoms with Crippen LogP contribution in [0.2, 0.25) is 0 Å². The van der Waals surface area contributed by atoms with E-state index in [4.69, 9.17) is 0 Å². The van der Waals surface area contributed by atoms with Gasteiger partial charge in [-0.25, -0.2) is 19.6 Å². The topological polar surface area (TPSA) is 73.5 Å². The Kier molecular flexibility index (Phi) is 2.93. The molecule has 19 heavy (non-hydrogen) atoms. The van der Waals surface area contributed by atoms with Crippen molar-refractivity contribution < 1.29 is 0 Å². The van der Waals surface area contributed by atoms with Crippen LogP contribution in [0.5, 0.6) is 0 Å². The van der Waals surface area contributed by atoms with Crippen molar-refractivity contribution in [2.24, 2.45) is 7.05 Å². The molecule has 0 spiro atoms. The zero-order valence-electron chi connectivity index (χ0n) is 10.4. The normalized spacial score (nSPS) is 10.6. The van der Waals surface area contributed by atoms with Gasteiger partial charge in [0, 0.05) is 25.6 Å². The number of nitrogens with zero attached hydrogens (tertiary/aromatic N) is 6. The summed E-state index contributed by atoms with van der Waals surface area (Å²) in [5.74, 6) is 1.67. The van der Waals surface area contributed by atoms with Gasteiger partial charge in [0.15, 0.2) is 5.82 Å². The first kappa shape index (κ1) is 11.4. The Bertz CT molecular complexity index is 656. The zero-order valence-corrected chi connectivity index (χ0v) is 10.4. The van der Waals surface area contributed by atoms with Gasteiger partial charge in [-0.2, -0.15) is 5.10 Å². The minimum Gasteiger partial charge on any atom is -0.375 e. The summed E-state index contributed by atoms with van der Waals surface area (Å²) in [4.78, 5) is 12.5. The van der Waals surface area contributed by atoms with Gasteiger partial charge >= 0.3 is 0 Å². The fourth-order valence-corrected chi connectivity index (χ4v) is 1.78. The molecule has 0 aliphatic carbocycles. The number of aryl methyl sites for hydroxylation is 1. The third-order valence-corrected chi connectivity index (χ3v) is 2.78. The fourth-order valence-electron chi connectivity index (χ4n) is 1.78. The summed E-state index contributed by atoms with van der Waals surface area (Å²) in [5.41, 5.74) is 0.885. The highest BCUT2D eigenvalue weighted by Gasteiger charge is 2.07. The summed E-state index contributed by atoms with van der Waals surface area (Å²) in [6, 6.07) is 3.83. The summed E-state index contributed by atoms with van der Waals surface area (Å²) in [6.07, 6.45) is 8.52. The molecule has 0 fully saturated rings. The molecule has 3 aromatic heterocycles. The van der Waals surface area contributed by atoms with Crippen LogP contribution in [0.1, 0.15) is 5.82 Å². The molecular formula is C12H13N7. The van der Waals surface area contributed by atoms with Gasteiger partial charge in [-0.05, 0) is 12.1 Å². The van der Waals surface area contributed by atoms with E-state index in [1.54, 1.807) is 23.4 Å². The van der Waals surface area contributed by atoms with E-state index in [0.717, 1.165) is 11.5 Å². The maximum atomic E-state index is 4.31. The van der Waals surface area contributed by atoms with E-state index >= 15 is 0 Å². The number of anilines is 1. The van der Waals surface area contributed by atoms with Crippen LogP contribution in [0.3, 0.4) is 0 Å². The molecule has 1 N–H and O–H groups in total. The fraction of sp³-hybridized carbons (Fsp3) is 0.167. The Hall–Kier alpha value is -2.70. The van der Waals surface area contributed by atoms with Crippen molar-refractivity contribution in [1.82, 2.24) is 29.3 Å². The first-order chi connectivity index (χ1) is 9.34. The number of hydrogen-bond donors (Lipinski definition) is 1. The van der Waals surface area contributed by atoms with E-state index in [1.807, 2.05) is 29.9 Å². The Morgan fingerprint density at radius 2 is 2.21 bits per heavy atom. The lowest BCUT2D eigenvalue weighted by atomic mass is 10.3. The Balaban J connectivity index is 1.84. The summed E-state index contributed by atoms with van der Waals surface area (Å²) in [5, 5.41) is 7.40. The molecule has 0 atom stereocenters. The second kappa shape index (κ2) is 4.89. The number of hydrogen-bond acceptors (Lipinski definition) is 5. The average molecular weight is 255 g/mol. The highest BCUT2D eigenvalue weighted by Crippen LogP contribution is 2.16. The first-order valence-electron chi connectivity index (χ1n) is 5.84. The van der Waals surface area contributed by atoms with E-state index < -0.39 is 0 Å².